The average molecular weight is 354 g/mol. The Morgan fingerprint density at radius 2 is 1.74 bits per heavy atom. The number of nitrogens with zero attached hydrogens (tertiary/aromatic N) is 6. The van der Waals surface area contributed by atoms with Gasteiger partial charge in [-0.05, 0) is 43.5 Å². The van der Waals surface area contributed by atoms with Gasteiger partial charge in [-0.2, -0.15) is 5.10 Å². The Labute approximate surface area is 156 Å². The maximum atomic E-state index is 4.78. The summed E-state index contributed by atoms with van der Waals surface area (Å²) in [5, 5.41) is 10.1. The Morgan fingerprint density at radius 1 is 0.889 bits per heavy atom. The van der Waals surface area contributed by atoms with Crippen molar-refractivity contribution in [1.82, 2.24) is 29.4 Å². The molecule has 0 fully saturated rings. The first kappa shape index (κ1) is 15.7. The van der Waals surface area contributed by atoms with Crippen molar-refractivity contribution in [2.75, 3.05) is 0 Å². The Kier molecular flexibility index (Phi) is 3.33. The summed E-state index contributed by atoms with van der Waals surface area (Å²) in [4.78, 5) is 9.38. The smallest absolute Gasteiger partial charge is 0.182 e. The molecule has 3 heterocycles. The van der Waals surface area contributed by atoms with E-state index >= 15 is 0 Å². The van der Waals surface area contributed by atoms with Crippen LogP contribution in [0.2, 0.25) is 0 Å². The zero-order valence-electron chi connectivity index (χ0n) is 15.4. The second-order valence-electron chi connectivity index (χ2n) is 6.85. The lowest BCUT2D eigenvalue weighted by molar-refractivity contribution is 0.875. The number of aryl methyl sites for hydroxylation is 3. The zero-order chi connectivity index (χ0) is 18.5. The number of aromatic nitrogens is 6. The average Bonchev–Trinajstić information content (AvgIpc) is 3.27. The molecule has 0 saturated heterocycles. The van der Waals surface area contributed by atoms with Gasteiger partial charge in [-0.15, -0.1) is 5.10 Å². The minimum atomic E-state index is 0.696. The van der Waals surface area contributed by atoms with Gasteiger partial charge in [-0.1, -0.05) is 36.4 Å². The zero-order valence-corrected chi connectivity index (χ0v) is 15.4. The third-order valence-corrected chi connectivity index (χ3v) is 4.88. The monoisotopic (exact) mass is 354 g/mol. The summed E-state index contributed by atoms with van der Waals surface area (Å²) >= 11 is 0. The highest BCUT2D eigenvalue weighted by Gasteiger charge is 2.16. The summed E-state index contributed by atoms with van der Waals surface area (Å²) in [6.45, 7) is 6.22. The van der Waals surface area contributed by atoms with Crippen LogP contribution in [0.1, 0.15) is 16.7 Å². The standard InChI is InChI=1S/C21H18N6/c1-13-8-9-15(3)18(10-13)27-20-17(11-23-27)21-24-19(25-26(21)12-22-20)16-7-5-4-6-14(16)2/h4-12H,1-3H3. The maximum Gasteiger partial charge on any atom is 0.182 e. The molecule has 0 N–H and O–H groups in total. The van der Waals surface area contributed by atoms with Crippen molar-refractivity contribution in [2.24, 2.45) is 0 Å². The molecule has 0 aliphatic heterocycles. The molecule has 6 nitrogen and oxygen atoms in total. The predicted molar refractivity (Wildman–Crippen MR) is 105 cm³/mol. The number of fused-ring (bicyclic) bond motifs is 3. The molecule has 0 atom stereocenters. The van der Waals surface area contributed by atoms with Crippen LogP contribution in [0.4, 0.5) is 0 Å². The van der Waals surface area contributed by atoms with Crippen LogP contribution in [0.5, 0.6) is 0 Å². The Morgan fingerprint density at radius 3 is 2.59 bits per heavy atom. The third kappa shape index (κ3) is 2.41. The van der Waals surface area contributed by atoms with Gasteiger partial charge >= 0.3 is 0 Å². The highest BCUT2D eigenvalue weighted by molar-refractivity contribution is 5.90. The molecule has 0 radical (unpaired) electrons. The SMILES string of the molecule is Cc1ccc(C)c(-n2ncc3c2ncn2nc(-c4ccccc4C)nc32)c1. The molecular formula is C21H18N6. The number of hydrogen-bond donors (Lipinski definition) is 0. The third-order valence-electron chi connectivity index (χ3n) is 4.88. The fraction of sp³-hybridized carbons (Fsp3) is 0.143. The quantitative estimate of drug-likeness (QED) is 0.480. The van der Waals surface area contributed by atoms with Crippen LogP contribution in [-0.4, -0.2) is 29.4 Å². The fourth-order valence-corrected chi connectivity index (χ4v) is 3.38. The lowest BCUT2D eigenvalue weighted by Crippen LogP contribution is -2.01. The van der Waals surface area contributed by atoms with Gasteiger partial charge < -0.3 is 0 Å². The molecule has 2 aromatic carbocycles. The van der Waals surface area contributed by atoms with Crippen molar-refractivity contribution < 1.29 is 0 Å². The summed E-state index contributed by atoms with van der Waals surface area (Å²) in [5.41, 5.74) is 7.06. The van der Waals surface area contributed by atoms with Crippen molar-refractivity contribution in [3.05, 3.63) is 71.7 Å². The van der Waals surface area contributed by atoms with Gasteiger partial charge in [-0.25, -0.2) is 19.2 Å². The Balaban J connectivity index is 1.74. The second kappa shape index (κ2) is 5.74. The van der Waals surface area contributed by atoms with Gasteiger partial charge in [0.05, 0.1) is 17.3 Å². The minimum absolute atomic E-state index is 0.696. The van der Waals surface area contributed by atoms with Crippen LogP contribution in [0.3, 0.4) is 0 Å². The van der Waals surface area contributed by atoms with E-state index in [1.807, 2.05) is 29.1 Å². The van der Waals surface area contributed by atoms with Gasteiger partial charge in [0.1, 0.15) is 6.33 Å². The molecule has 27 heavy (non-hydrogen) atoms. The molecule has 3 aromatic heterocycles. The van der Waals surface area contributed by atoms with Crippen molar-refractivity contribution in [2.45, 2.75) is 20.8 Å². The highest BCUT2D eigenvalue weighted by atomic mass is 15.3. The molecule has 0 amide bonds. The Hall–Kier alpha value is -3.54. The summed E-state index contributed by atoms with van der Waals surface area (Å²) in [5.74, 6) is 0.696. The topological polar surface area (TPSA) is 60.9 Å². The fourth-order valence-electron chi connectivity index (χ4n) is 3.38. The van der Waals surface area contributed by atoms with E-state index in [0.29, 0.717) is 5.82 Å². The van der Waals surface area contributed by atoms with Crippen molar-refractivity contribution in [3.63, 3.8) is 0 Å². The second-order valence-corrected chi connectivity index (χ2v) is 6.85. The van der Waals surface area contributed by atoms with Crippen LogP contribution in [0, 0.1) is 20.8 Å². The predicted octanol–water partition coefficient (Wildman–Crippen LogP) is 4.06. The summed E-state index contributed by atoms with van der Waals surface area (Å²) in [6.07, 6.45) is 3.52. The normalized spacial score (nSPS) is 11.5. The first-order valence-electron chi connectivity index (χ1n) is 8.84. The van der Waals surface area contributed by atoms with Gasteiger partial charge in [0.15, 0.2) is 17.1 Å². The largest absolute Gasteiger partial charge is 0.216 e. The molecule has 132 valence electrons. The lowest BCUT2D eigenvalue weighted by Gasteiger charge is -2.07. The first-order chi connectivity index (χ1) is 13.1. The number of benzene rings is 2. The van der Waals surface area contributed by atoms with E-state index in [1.165, 1.54) is 5.56 Å². The number of rotatable bonds is 2. The van der Waals surface area contributed by atoms with E-state index in [0.717, 1.165) is 39.1 Å². The molecule has 6 heteroatoms. The minimum Gasteiger partial charge on any atom is -0.216 e. The molecule has 5 rings (SSSR count). The van der Waals surface area contributed by atoms with E-state index in [2.05, 4.69) is 60.2 Å². The van der Waals surface area contributed by atoms with Crippen molar-refractivity contribution >= 4 is 16.7 Å². The van der Waals surface area contributed by atoms with Crippen LogP contribution >= 0.6 is 0 Å². The van der Waals surface area contributed by atoms with Gasteiger partial charge in [0.25, 0.3) is 0 Å². The number of hydrogen-bond acceptors (Lipinski definition) is 4. The van der Waals surface area contributed by atoms with E-state index in [-0.39, 0.29) is 0 Å². The molecule has 0 saturated carbocycles. The van der Waals surface area contributed by atoms with Gasteiger partial charge in [0, 0.05) is 5.56 Å². The van der Waals surface area contributed by atoms with Crippen molar-refractivity contribution in [1.29, 1.82) is 0 Å². The van der Waals surface area contributed by atoms with E-state index in [1.54, 1.807) is 10.8 Å². The van der Waals surface area contributed by atoms with E-state index in [9.17, 15) is 0 Å². The maximum absolute atomic E-state index is 4.78. The summed E-state index contributed by atoms with van der Waals surface area (Å²) in [7, 11) is 0. The Bertz CT molecular complexity index is 1310. The molecule has 0 bridgehead atoms. The summed E-state index contributed by atoms with van der Waals surface area (Å²) < 4.78 is 3.60. The van der Waals surface area contributed by atoms with Crippen LogP contribution < -0.4 is 0 Å². The molecule has 0 aliphatic rings. The van der Waals surface area contributed by atoms with E-state index < -0.39 is 0 Å². The van der Waals surface area contributed by atoms with Crippen LogP contribution in [0.15, 0.2) is 55.0 Å². The van der Waals surface area contributed by atoms with Crippen LogP contribution in [-0.2, 0) is 0 Å². The molecule has 0 spiro atoms. The summed E-state index contributed by atoms with van der Waals surface area (Å²) in [6, 6.07) is 14.4. The molecule has 5 aromatic rings. The lowest BCUT2D eigenvalue weighted by atomic mass is 10.1. The van der Waals surface area contributed by atoms with Gasteiger partial charge in [0.2, 0.25) is 0 Å². The van der Waals surface area contributed by atoms with Gasteiger partial charge in [-0.3, -0.25) is 0 Å². The highest BCUT2D eigenvalue weighted by Crippen LogP contribution is 2.25. The van der Waals surface area contributed by atoms with Crippen molar-refractivity contribution in [3.8, 4) is 17.1 Å². The molecule has 0 aliphatic carbocycles. The van der Waals surface area contributed by atoms with E-state index in [4.69, 9.17) is 4.98 Å². The molecule has 0 unspecified atom stereocenters. The van der Waals surface area contributed by atoms with Crippen LogP contribution in [0.25, 0.3) is 33.8 Å². The first-order valence-corrected chi connectivity index (χ1v) is 8.84. The molecular weight excluding hydrogens is 336 g/mol.